The van der Waals surface area contributed by atoms with E-state index >= 15 is 0 Å². The van der Waals surface area contributed by atoms with Crippen LogP contribution in [0, 0.1) is 12.8 Å². The van der Waals surface area contributed by atoms with Gasteiger partial charge >= 0.3 is 0 Å². The van der Waals surface area contributed by atoms with Gasteiger partial charge in [0.15, 0.2) is 0 Å². The predicted octanol–water partition coefficient (Wildman–Crippen LogP) is 4.71. The molecule has 0 aliphatic heterocycles. The van der Waals surface area contributed by atoms with E-state index in [1.54, 1.807) is 0 Å². The van der Waals surface area contributed by atoms with E-state index in [1.807, 2.05) is 6.26 Å². The number of benzene rings is 1. The van der Waals surface area contributed by atoms with Gasteiger partial charge in [-0.15, -0.1) is 0 Å². The lowest BCUT2D eigenvalue weighted by molar-refractivity contribution is 0.357. The minimum atomic E-state index is 0.458. The Balaban J connectivity index is 1.58. The van der Waals surface area contributed by atoms with Gasteiger partial charge in [-0.25, -0.2) is 0 Å². The molecule has 0 saturated heterocycles. The molecule has 1 aromatic carbocycles. The topological polar surface area (TPSA) is 25.2 Å². The van der Waals surface area contributed by atoms with Crippen LogP contribution in [0.4, 0.5) is 0 Å². The Labute approximate surface area is 126 Å². The monoisotopic (exact) mass is 281 g/mol. The molecule has 0 amide bonds. The number of nitrogens with one attached hydrogen (secondary N) is 1. The minimum Gasteiger partial charge on any atom is -0.469 e. The Bertz CT molecular complexity index is 609. The molecule has 21 heavy (non-hydrogen) atoms. The molecule has 2 unspecified atom stereocenters. The van der Waals surface area contributed by atoms with Crippen LogP contribution in [0.15, 0.2) is 41.0 Å². The smallest absolute Gasteiger partial charge is 0.108 e. The standard InChI is InChI=1S/C19H23NO/c1-13-5-7-14(8-6-13)19(15-9-10-15)20-17-3-2-4-18-16(17)11-12-21-18/h5-8,11-12,15,17,19-20H,2-4,9-10H2,1H3. The summed E-state index contributed by atoms with van der Waals surface area (Å²) in [5.41, 5.74) is 4.17. The third-order valence-corrected chi connectivity index (χ3v) is 4.96. The zero-order valence-electron chi connectivity index (χ0n) is 12.6. The molecule has 2 heteroatoms. The van der Waals surface area contributed by atoms with E-state index in [0.717, 1.165) is 12.3 Å². The molecule has 2 aromatic rings. The molecule has 110 valence electrons. The highest BCUT2D eigenvalue weighted by molar-refractivity contribution is 5.28. The van der Waals surface area contributed by atoms with Gasteiger partial charge in [0.2, 0.25) is 0 Å². The molecular formula is C19H23NO. The second kappa shape index (κ2) is 5.34. The zero-order valence-corrected chi connectivity index (χ0v) is 12.6. The summed E-state index contributed by atoms with van der Waals surface area (Å²) in [7, 11) is 0. The molecule has 0 bridgehead atoms. The van der Waals surface area contributed by atoms with Gasteiger partial charge in [0.1, 0.15) is 5.76 Å². The van der Waals surface area contributed by atoms with E-state index in [4.69, 9.17) is 4.42 Å². The van der Waals surface area contributed by atoms with Crippen molar-refractivity contribution in [1.29, 1.82) is 0 Å². The van der Waals surface area contributed by atoms with Gasteiger partial charge in [-0.05, 0) is 50.2 Å². The number of fused-ring (bicyclic) bond motifs is 1. The highest BCUT2D eigenvalue weighted by Gasteiger charge is 2.35. The predicted molar refractivity (Wildman–Crippen MR) is 84.2 cm³/mol. The van der Waals surface area contributed by atoms with Crippen molar-refractivity contribution in [3.8, 4) is 0 Å². The Morgan fingerprint density at radius 3 is 2.67 bits per heavy atom. The van der Waals surface area contributed by atoms with E-state index in [0.29, 0.717) is 12.1 Å². The minimum absolute atomic E-state index is 0.458. The lowest BCUT2D eigenvalue weighted by Gasteiger charge is -2.29. The summed E-state index contributed by atoms with van der Waals surface area (Å²) in [6, 6.07) is 12.2. The van der Waals surface area contributed by atoms with Gasteiger partial charge in [-0.1, -0.05) is 29.8 Å². The van der Waals surface area contributed by atoms with Crippen LogP contribution in [0.5, 0.6) is 0 Å². The summed E-state index contributed by atoms with van der Waals surface area (Å²) in [5.74, 6) is 2.00. The van der Waals surface area contributed by atoms with Crippen molar-refractivity contribution in [3.63, 3.8) is 0 Å². The van der Waals surface area contributed by atoms with Crippen molar-refractivity contribution >= 4 is 0 Å². The fourth-order valence-corrected chi connectivity index (χ4v) is 3.58. The Morgan fingerprint density at radius 2 is 1.90 bits per heavy atom. The molecule has 2 aliphatic carbocycles. The van der Waals surface area contributed by atoms with E-state index in [2.05, 4.69) is 42.6 Å². The van der Waals surface area contributed by atoms with Crippen LogP contribution in [0.25, 0.3) is 0 Å². The van der Waals surface area contributed by atoms with Crippen molar-refractivity contribution < 1.29 is 4.42 Å². The fourth-order valence-electron chi connectivity index (χ4n) is 3.58. The lowest BCUT2D eigenvalue weighted by atomic mass is 9.91. The molecule has 2 atom stereocenters. The van der Waals surface area contributed by atoms with Crippen LogP contribution in [-0.4, -0.2) is 0 Å². The summed E-state index contributed by atoms with van der Waals surface area (Å²) in [5, 5.41) is 3.94. The van der Waals surface area contributed by atoms with Gasteiger partial charge in [0.05, 0.1) is 6.26 Å². The van der Waals surface area contributed by atoms with Crippen LogP contribution >= 0.6 is 0 Å². The molecule has 1 N–H and O–H groups in total. The molecule has 2 aliphatic rings. The van der Waals surface area contributed by atoms with Crippen LogP contribution in [0.3, 0.4) is 0 Å². The molecule has 1 saturated carbocycles. The summed E-state index contributed by atoms with van der Waals surface area (Å²) >= 11 is 0. The first-order valence-electron chi connectivity index (χ1n) is 8.20. The Morgan fingerprint density at radius 1 is 1.10 bits per heavy atom. The van der Waals surface area contributed by atoms with Crippen molar-refractivity contribution in [3.05, 3.63) is 59.0 Å². The number of rotatable bonds is 4. The summed E-state index contributed by atoms with van der Waals surface area (Å²) in [6.07, 6.45) is 8.11. The van der Waals surface area contributed by atoms with Crippen molar-refractivity contribution in [2.24, 2.45) is 5.92 Å². The lowest BCUT2D eigenvalue weighted by Crippen LogP contribution is -2.30. The van der Waals surface area contributed by atoms with Crippen LogP contribution in [0.2, 0.25) is 0 Å². The highest BCUT2D eigenvalue weighted by atomic mass is 16.3. The summed E-state index contributed by atoms with van der Waals surface area (Å²) in [6.45, 7) is 2.15. The maximum Gasteiger partial charge on any atom is 0.108 e. The Hall–Kier alpha value is -1.54. The molecule has 4 rings (SSSR count). The van der Waals surface area contributed by atoms with Gasteiger partial charge in [0, 0.05) is 24.1 Å². The summed E-state index contributed by atoms with van der Waals surface area (Å²) in [4.78, 5) is 0. The van der Waals surface area contributed by atoms with E-state index in [1.165, 1.54) is 48.1 Å². The molecule has 2 nitrogen and oxygen atoms in total. The molecule has 0 radical (unpaired) electrons. The van der Waals surface area contributed by atoms with Gasteiger partial charge in [0.25, 0.3) is 0 Å². The number of hydrogen-bond donors (Lipinski definition) is 1. The van der Waals surface area contributed by atoms with Gasteiger partial charge in [-0.3, -0.25) is 0 Å². The Kier molecular flexibility index (Phi) is 3.34. The first-order valence-corrected chi connectivity index (χ1v) is 8.20. The average Bonchev–Trinajstić information content (AvgIpc) is 3.22. The van der Waals surface area contributed by atoms with E-state index in [9.17, 15) is 0 Å². The van der Waals surface area contributed by atoms with Crippen LogP contribution in [0.1, 0.15) is 60.2 Å². The van der Waals surface area contributed by atoms with Crippen LogP contribution < -0.4 is 5.32 Å². The maximum absolute atomic E-state index is 5.63. The normalized spacial score (nSPS) is 22.8. The van der Waals surface area contributed by atoms with Crippen molar-refractivity contribution in [1.82, 2.24) is 5.32 Å². The number of furan rings is 1. The SMILES string of the molecule is Cc1ccc(C(NC2CCCc3occc32)C2CC2)cc1. The third-order valence-electron chi connectivity index (χ3n) is 4.96. The average molecular weight is 281 g/mol. The summed E-state index contributed by atoms with van der Waals surface area (Å²) < 4.78 is 5.63. The van der Waals surface area contributed by atoms with Gasteiger partial charge < -0.3 is 9.73 Å². The largest absolute Gasteiger partial charge is 0.469 e. The van der Waals surface area contributed by atoms with E-state index < -0.39 is 0 Å². The maximum atomic E-state index is 5.63. The van der Waals surface area contributed by atoms with Gasteiger partial charge in [-0.2, -0.15) is 0 Å². The highest BCUT2D eigenvalue weighted by Crippen LogP contribution is 2.43. The number of aryl methyl sites for hydroxylation is 2. The molecule has 1 heterocycles. The van der Waals surface area contributed by atoms with Crippen LogP contribution in [-0.2, 0) is 6.42 Å². The molecule has 1 aromatic heterocycles. The molecular weight excluding hydrogens is 258 g/mol. The molecule has 1 fully saturated rings. The second-order valence-electron chi connectivity index (χ2n) is 6.64. The van der Waals surface area contributed by atoms with Crippen molar-refractivity contribution in [2.75, 3.05) is 0 Å². The zero-order chi connectivity index (χ0) is 14.2. The first-order chi connectivity index (χ1) is 10.3. The van der Waals surface area contributed by atoms with E-state index in [-0.39, 0.29) is 0 Å². The van der Waals surface area contributed by atoms with Crippen molar-refractivity contribution in [2.45, 2.75) is 51.1 Å². The first kappa shape index (κ1) is 13.1. The fraction of sp³-hybridized carbons (Fsp3) is 0.474. The number of hydrogen-bond acceptors (Lipinski definition) is 2. The molecule has 0 spiro atoms. The second-order valence-corrected chi connectivity index (χ2v) is 6.64. The quantitative estimate of drug-likeness (QED) is 0.878. The third kappa shape index (κ3) is 2.65.